The minimum atomic E-state index is -0.580. The van der Waals surface area contributed by atoms with Crippen molar-refractivity contribution in [3.63, 3.8) is 0 Å². The molecule has 2 unspecified atom stereocenters. The second-order valence-corrected chi connectivity index (χ2v) is 12.4. The molecule has 0 aliphatic heterocycles. The Morgan fingerprint density at radius 3 is 2.39 bits per heavy atom. The third-order valence-corrected chi connectivity index (χ3v) is 9.31. The van der Waals surface area contributed by atoms with E-state index in [1.165, 1.54) is 38.6 Å². The molecule has 0 spiro atoms. The summed E-state index contributed by atoms with van der Waals surface area (Å²) in [6, 6.07) is 28.9. The summed E-state index contributed by atoms with van der Waals surface area (Å²) < 4.78 is 0. The molecule has 2 atom stereocenters. The summed E-state index contributed by atoms with van der Waals surface area (Å²) in [6.07, 6.45) is 36.7. The molecule has 0 radical (unpaired) electrons. The van der Waals surface area contributed by atoms with Crippen molar-refractivity contribution in [2.45, 2.75) is 32.6 Å². The van der Waals surface area contributed by atoms with E-state index in [0.29, 0.717) is 5.92 Å². The van der Waals surface area contributed by atoms with Gasteiger partial charge in [-0.15, -0.1) is 0 Å². The monoisotopic (exact) mass is 636 g/mol. The fourth-order valence-corrected chi connectivity index (χ4v) is 7.03. The molecule has 0 amide bonds. The van der Waals surface area contributed by atoms with Crippen molar-refractivity contribution in [3.8, 4) is 11.1 Å². The quantitative estimate of drug-likeness (QED) is 0.105. The van der Waals surface area contributed by atoms with Crippen molar-refractivity contribution in [1.29, 1.82) is 0 Å². The van der Waals surface area contributed by atoms with Crippen LogP contribution in [0.4, 0.5) is 5.69 Å². The van der Waals surface area contributed by atoms with Crippen LogP contribution in [0.2, 0.25) is 0 Å². The molecule has 0 fully saturated rings. The number of fused-ring (bicyclic) bond motifs is 4. The lowest BCUT2D eigenvalue weighted by Crippen LogP contribution is -2.25. The number of hydrogen-bond acceptors (Lipinski definition) is 2. The lowest BCUT2D eigenvalue weighted by molar-refractivity contribution is 0.760. The van der Waals surface area contributed by atoms with E-state index in [9.17, 15) is 0 Å². The van der Waals surface area contributed by atoms with E-state index in [0.717, 1.165) is 28.9 Å². The zero-order valence-electron chi connectivity index (χ0n) is 28.6. The molecule has 2 heteroatoms. The summed E-state index contributed by atoms with van der Waals surface area (Å²) in [5.41, 5.74) is 15.9. The van der Waals surface area contributed by atoms with E-state index in [4.69, 9.17) is 10.7 Å². The highest BCUT2D eigenvalue weighted by Gasteiger charge is 2.44. The first-order chi connectivity index (χ1) is 24.1. The Kier molecular flexibility index (Phi) is 10.5. The SMILES string of the molecule is C/C=C\C=C/C=Nc1cc2ccccc2cc1C1(/C=C/CC2C=CC=C/C2=C/C)c2ccccc2-c2ccc(/C=C/C=C(N)\C=C/C)cc21. The minimum absolute atomic E-state index is 0.328. The van der Waals surface area contributed by atoms with Gasteiger partial charge in [0.15, 0.2) is 0 Å². The number of benzene rings is 4. The first-order valence-electron chi connectivity index (χ1n) is 17.1. The average Bonchev–Trinajstić information content (AvgIpc) is 3.41. The number of nitrogens with zero attached hydrogens (tertiary/aromatic N) is 1. The zero-order chi connectivity index (χ0) is 34.1. The summed E-state index contributed by atoms with van der Waals surface area (Å²) in [4.78, 5) is 5.14. The summed E-state index contributed by atoms with van der Waals surface area (Å²) in [7, 11) is 0. The Balaban J connectivity index is 1.61. The van der Waals surface area contributed by atoms with Crippen molar-refractivity contribution in [2.24, 2.45) is 16.6 Å². The molecule has 0 saturated heterocycles. The highest BCUT2D eigenvalue weighted by Crippen LogP contribution is 2.56. The van der Waals surface area contributed by atoms with Crippen molar-refractivity contribution >= 4 is 28.8 Å². The third kappa shape index (κ3) is 6.96. The number of aliphatic imine (C=N–C) groups is 1. The van der Waals surface area contributed by atoms with Crippen LogP contribution in [-0.4, -0.2) is 6.21 Å². The van der Waals surface area contributed by atoms with E-state index in [-0.39, 0.29) is 0 Å². The first kappa shape index (κ1) is 33.2. The van der Waals surface area contributed by atoms with Gasteiger partial charge in [0.1, 0.15) is 0 Å². The molecule has 2 aliphatic rings. The summed E-state index contributed by atoms with van der Waals surface area (Å²) in [6.45, 7) is 6.12. The first-order valence-corrected chi connectivity index (χ1v) is 17.1. The van der Waals surface area contributed by atoms with Crippen molar-refractivity contribution in [1.82, 2.24) is 0 Å². The molecule has 49 heavy (non-hydrogen) atoms. The van der Waals surface area contributed by atoms with Gasteiger partial charge in [-0.2, -0.15) is 0 Å². The smallest absolute Gasteiger partial charge is 0.0683 e. The maximum Gasteiger partial charge on any atom is 0.0683 e. The normalized spacial score (nSPS) is 20.1. The Labute approximate surface area is 291 Å². The van der Waals surface area contributed by atoms with Gasteiger partial charge in [-0.3, -0.25) is 4.99 Å². The maximum atomic E-state index is 6.16. The Hall–Kier alpha value is -5.73. The van der Waals surface area contributed by atoms with E-state index >= 15 is 0 Å². The number of nitrogens with two attached hydrogens (primary N) is 1. The molecule has 4 aromatic carbocycles. The van der Waals surface area contributed by atoms with Crippen LogP contribution in [0, 0.1) is 5.92 Å². The predicted octanol–water partition coefficient (Wildman–Crippen LogP) is 12.1. The highest BCUT2D eigenvalue weighted by atomic mass is 14.7. The summed E-state index contributed by atoms with van der Waals surface area (Å²) in [5.74, 6) is 0.328. The van der Waals surface area contributed by atoms with Crippen LogP contribution in [0.3, 0.4) is 0 Å². The van der Waals surface area contributed by atoms with Crippen LogP contribution in [0.1, 0.15) is 49.4 Å². The van der Waals surface area contributed by atoms with Gasteiger partial charge in [-0.25, -0.2) is 0 Å². The van der Waals surface area contributed by atoms with Gasteiger partial charge in [0.05, 0.1) is 11.1 Å². The van der Waals surface area contributed by atoms with E-state index < -0.39 is 5.41 Å². The van der Waals surface area contributed by atoms with Gasteiger partial charge >= 0.3 is 0 Å². The molecular formula is C47H44N2. The number of rotatable bonds is 10. The predicted molar refractivity (Wildman–Crippen MR) is 213 cm³/mol. The molecule has 2 N–H and O–H groups in total. The van der Waals surface area contributed by atoms with Gasteiger partial charge in [0.2, 0.25) is 0 Å². The molecule has 0 heterocycles. The summed E-state index contributed by atoms with van der Waals surface area (Å²) in [5, 5.41) is 2.36. The fourth-order valence-electron chi connectivity index (χ4n) is 7.03. The van der Waals surface area contributed by atoms with E-state index in [1.807, 2.05) is 68.7 Å². The van der Waals surface area contributed by atoms with Crippen LogP contribution < -0.4 is 5.73 Å². The van der Waals surface area contributed by atoms with Crippen molar-refractivity contribution < 1.29 is 0 Å². The largest absolute Gasteiger partial charge is 0.399 e. The van der Waals surface area contributed by atoms with Gasteiger partial charge in [0, 0.05) is 17.8 Å². The molecule has 242 valence electrons. The number of allylic oxidation sites excluding steroid dienone is 16. The molecule has 0 bridgehead atoms. The molecule has 6 rings (SSSR count). The minimum Gasteiger partial charge on any atom is -0.399 e. The lowest BCUT2D eigenvalue weighted by Gasteiger charge is -2.32. The topological polar surface area (TPSA) is 38.4 Å². The van der Waals surface area contributed by atoms with Crippen LogP contribution in [0.5, 0.6) is 0 Å². The Morgan fingerprint density at radius 1 is 0.776 bits per heavy atom. The fraction of sp³-hybridized carbons (Fsp3) is 0.128. The van der Waals surface area contributed by atoms with Crippen molar-refractivity contribution in [2.75, 3.05) is 0 Å². The highest BCUT2D eigenvalue weighted by molar-refractivity contribution is 5.93. The van der Waals surface area contributed by atoms with Gasteiger partial charge in [-0.05, 0) is 113 Å². The molecule has 0 saturated carbocycles. The molecule has 4 aromatic rings. The van der Waals surface area contributed by atoms with E-state index in [2.05, 4.69) is 134 Å². The lowest BCUT2D eigenvalue weighted by atomic mass is 9.70. The van der Waals surface area contributed by atoms with Crippen LogP contribution >= 0.6 is 0 Å². The molecule has 2 nitrogen and oxygen atoms in total. The van der Waals surface area contributed by atoms with Gasteiger partial charge in [0.25, 0.3) is 0 Å². The van der Waals surface area contributed by atoms with Crippen LogP contribution in [0.15, 0.2) is 186 Å². The number of hydrogen-bond donors (Lipinski definition) is 1. The summed E-state index contributed by atoms with van der Waals surface area (Å²) >= 11 is 0. The van der Waals surface area contributed by atoms with Crippen molar-refractivity contribution in [3.05, 3.63) is 204 Å². The Bertz CT molecular complexity index is 2140. The second kappa shape index (κ2) is 15.4. The third-order valence-electron chi connectivity index (χ3n) is 9.31. The second-order valence-electron chi connectivity index (χ2n) is 12.4. The molecular weight excluding hydrogens is 593 g/mol. The zero-order valence-corrected chi connectivity index (χ0v) is 28.6. The van der Waals surface area contributed by atoms with Gasteiger partial charge < -0.3 is 5.73 Å². The van der Waals surface area contributed by atoms with Crippen LogP contribution in [0.25, 0.3) is 28.0 Å². The van der Waals surface area contributed by atoms with Gasteiger partial charge in [-0.1, -0.05) is 140 Å². The Morgan fingerprint density at radius 2 is 1.57 bits per heavy atom. The van der Waals surface area contributed by atoms with E-state index in [1.54, 1.807) is 0 Å². The average molecular weight is 637 g/mol. The molecule has 2 aliphatic carbocycles. The standard InChI is InChI=1S/C47H44N2/c1-4-7-8-15-31-49-46-34-39-23-12-11-22-38(39)33-45(46)47(30-17-24-37-21-10-9-20-36(37)6-3)43-27-14-13-26-41(43)42-29-28-35(32-44(42)47)19-16-25-40(48)18-5-2/h4-23,25-34,37H,24,48H2,1-3H3/b7-4-,15-8-,18-5-,19-16+,30-17+,36-6-,40-25+,49-31?. The molecule has 0 aromatic heterocycles. The van der Waals surface area contributed by atoms with Crippen LogP contribution in [-0.2, 0) is 5.41 Å². The maximum absolute atomic E-state index is 6.16.